The first-order chi connectivity index (χ1) is 13.8. The maximum absolute atomic E-state index is 12.4. The summed E-state index contributed by atoms with van der Waals surface area (Å²) in [7, 11) is 0. The number of hydrogen-bond acceptors (Lipinski definition) is 3. The van der Waals surface area contributed by atoms with Crippen molar-refractivity contribution in [2.24, 2.45) is 0 Å². The number of benzene rings is 2. The maximum Gasteiger partial charge on any atom is 0.289 e. The maximum atomic E-state index is 12.4. The topological polar surface area (TPSA) is 69.6 Å². The number of aryl methyl sites for hydroxylation is 2. The average molecular weight is 433 g/mol. The van der Waals surface area contributed by atoms with Gasteiger partial charge in [-0.2, -0.15) is 0 Å². The van der Waals surface area contributed by atoms with Crippen molar-refractivity contribution in [3.8, 4) is 0 Å². The predicted octanol–water partition coefficient (Wildman–Crippen LogP) is 4.21. The molecule has 0 aliphatic carbocycles. The fourth-order valence-corrected chi connectivity index (χ4v) is 3.57. The quantitative estimate of drug-likeness (QED) is 0.643. The van der Waals surface area contributed by atoms with Crippen molar-refractivity contribution >= 4 is 35.0 Å². The van der Waals surface area contributed by atoms with Gasteiger partial charge in [0.05, 0.1) is 22.2 Å². The Hall–Kier alpha value is -2.50. The Morgan fingerprint density at radius 3 is 2.66 bits per heavy atom. The van der Waals surface area contributed by atoms with E-state index in [1.807, 2.05) is 37.3 Å². The molecule has 0 unspecified atom stereocenters. The molecule has 3 rings (SSSR count). The molecule has 0 spiro atoms. The van der Waals surface area contributed by atoms with Crippen LogP contribution in [0.1, 0.15) is 23.1 Å². The molecule has 2 N–H and O–H groups in total. The largest absolute Gasteiger partial charge is 0.503 e. The molecule has 1 heterocycles. The molecule has 2 aromatic carbocycles. The SMILES string of the molecule is Cc1cccc(CN2CC(C(=O)NCCCc3ccc(Cl)c(Cl)c3)=C(O)C2=O)c1. The summed E-state index contributed by atoms with van der Waals surface area (Å²) in [6.45, 7) is 2.83. The van der Waals surface area contributed by atoms with Gasteiger partial charge in [0, 0.05) is 13.1 Å². The van der Waals surface area contributed by atoms with E-state index < -0.39 is 17.6 Å². The summed E-state index contributed by atoms with van der Waals surface area (Å²) in [5.41, 5.74) is 3.17. The summed E-state index contributed by atoms with van der Waals surface area (Å²) in [5.74, 6) is -1.41. The van der Waals surface area contributed by atoms with Gasteiger partial charge < -0.3 is 15.3 Å². The van der Waals surface area contributed by atoms with Crippen molar-refractivity contribution in [1.82, 2.24) is 10.2 Å². The molecule has 5 nitrogen and oxygen atoms in total. The van der Waals surface area contributed by atoms with Crippen LogP contribution < -0.4 is 5.32 Å². The molecule has 0 saturated heterocycles. The lowest BCUT2D eigenvalue weighted by Crippen LogP contribution is -2.30. The first-order valence-electron chi connectivity index (χ1n) is 9.34. The Morgan fingerprint density at radius 1 is 1.14 bits per heavy atom. The molecule has 1 aliphatic heterocycles. The highest BCUT2D eigenvalue weighted by Gasteiger charge is 2.33. The van der Waals surface area contributed by atoms with Crippen molar-refractivity contribution in [3.05, 3.63) is 80.5 Å². The van der Waals surface area contributed by atoms with Gasteiger partial charge in [0.2, 0.25) is 0 Å². The van der Waals surface area contributed by atoms with E-state index in [1.54, 1.807) is 12.1 Å². The van der Waals surface area contributed by atoms with Crippen LogP contribution in [0.25, 0.3) is 0 Å². The van der Waals surface area contributed by atoms with Crippen LogP contribution >= 0.6 is 23.2 Å². The van der Waals surface area contributed by atoms with Crippen LogP contribution in [0.4, 0.5) is 0 Å². The zero-order valence-electron chi connectivity index (χ0n) is 16.0. The van der Waals surface area contributed by atoms with Gasteiger partial charge in [-0.15, -0.1) is 0 Å². The van der Waals surface area contributed by atoms with Crippen LogP contribution in [0.5, 0.6) is 0 Å². The van der Waals surface area contributed by atoms with Crippen molar-refractivity contribution in [3.63, 3.8) is 0 Å². The lowest BCUT2D eigenvalue weighted by atomic mass is 10.1. The molecule has 2 amide bonds. The second-order valence-electron chi connectivity index (χ2n) is 7.09. The smallest absolute Gasteiger partial charge is 0.289 e. The van der Waals surface area contributed by atoms with Gasteiger partial charge in [0.25, 0.3) is 11.8 Å². The summed E-state index contributed by atoms with van der Waals surface area (Å²) in [5, 5.41) is 13.9. The van der Waals surface area contributed by atoms with Crippen molar-refractivity contribution in [1.29, 1.82) is 0 Å². The number of aliphatic hydroxyl groups is 1. The van der Waals surface area contributed by atoms with Crippen molar-refractivity contribution in [2.45, 2.75) is 26.3 Å². The Kier molecular flexibility index (Phi) is 6.83. The average Bonchev–Trinajstić information content (AvgIpc) is 2.96. The predicted molar refractivity (Wildman–Crippen MR) is 114 cm³/mol. The Morgan fingerprint density at radius 2 is 1.93 bits per heavy atom. The summed E-state index contributed by atoms with van der Waals surface area (Å²) in [6, 6.07) is 13.2. The third-order valence-electron chi connectivity index (χ3n) is 4.77. The minimum atomic E-state index is -0.521. The first-order valence-corrected chi connectivity index (χ1v) is 10.1. The zero-order valence-corrected chi connectivity index (χ0v) is 17.6. The van der Waals surface area contributed by atoms with E-state index in [9.17, 15) is 14.7 Å². The van der Waals surface area contributed by atoms with Gasteiger partial charge in [0.15, 0.2) is 5.76 Å². The molecule has 152 valence electrons. The van der Waals surface area contributed by atoms with Gasteiger partial charge in [0.1, 0.15) is 0 Å². The van der Waals surface area contributed by atoms with E-state index >= 15 is 0 Å². The molecular weight excluding hydrogens is 411 g/mol. The minimum absolute atomic E-state index is 0.0945. The van der Waals surface area contributed by atoms with E-state index in [-0.39, 0.29) is 12.1 Å². The summed E-state index contributed by atoms with van der Waals surface area (Å²) in [4.78, 5) is 26.2. The lowest BCUT2D eigenvalue weighted by molar-refractivity contribution is -0.128. The molecule has 0 aromatic heterocycles. The molecule has 1 aliphatic rings. The molecule has 0 atom stereocenters. The highest BCUT2D eigenvalue weighted by Crippen LogP contribution is 2.23. The highest BCUT2D eigenvalue weighted by atomic mass is 35.5. The van der Waals surface area contributed by atoms with Crippen LogP contribution in [0.15, 0.2) is 53.8 Å². The van der Waals surface area contributed by atoms with E-state index in [0.29, 0.717) is 29.6 Å². The third-order valence-corrected chi connectivity index (χ3v) is 5.51. The van der Waals surface area contributed by atoms with Crippen molar-refractivity contribution < 1.29 is 14.7 Å². The molecular formula is C22H22Cl2N2O3. The standard InChI is InChI=1S/C22H22Cl2N2O3/c1-14-4-2-5-16(10-14)12-26-13-17(20(27)22(26)29)21(28)25-9-3-6-15-7-8-18(23)19(24)11-15/h2,4-5,7-8,10-11,27H,3,6,9,12-13H2,1H3,(H,25,28). The number of carbonyl (C=O) groups excluding carboxylic acids is 2. The summed E-state index contributed by atoms with van der Waals surface area (Å²) >= 11 is 11.9. The number of carbonyl (C=O) groups is 2. The fraction of sp³-hybridized carbons (Fsp3) is 0.273. The van der Waals surface area contributed by atoms with Crippen LogP contribution in [0, 0.1) is 6.92 Å². The van der Waals surface area contributed by atoms with Gasteiger partial charge in [-0.1, -0.05) is 59.1 Å². The zero-order chi connectivity index (χ0) is 21.0. The second kappa shape index (κ2) is 9.33. The number of hydrogen-bond donors (Lipinski definition) is 2. The molecule has 0 fully saturated rings. The first kappa shape index (κ1) is 21.2. The van der Waals surface area contributed by atoms with Gasteiger partial charge in [-0.3, -0.25) is 9.59 Å². The molecule has 7 heteroatoms. The van der Waals surface area contributed by atoms with Gasteiger partial charge in [-0.05, 0) is 43.0 Å². The number of halogens is 2. The number of nitrogens with one attached hydrogen (secondary N) is 1. The molecule has 0 radical (unpaired) electrons. The number of aliphatic hydroxyl groups excluding tert-OH is 1. The van der Waals surface area contributed by atoms with Crippen LogP contribution in [0.2, 0.25) is 10.0 Å². The molecule has 0 saturated carbocycles. The number of amides is 2. The second-order valence-corrected chi connectivity index (χ2v) is 7.90. The molecule has 29 heavy (non-hydrogen) atoms. The van der Waals surface area contributed by atoms with E-state index in [1.165, 1.54) is 4.90 Å². The number of rotatable bonds is 7. The molecule has 0 bridgehead atoms. The lowest BCUT2D eigenvalue weighted by Gasteiger charge is -2.16. The fourth-order valence-electron chi connectivity index (χ4n) is 3.25. The third kappa shape index (κ3) is 5.31. The monoisotopic (exact) mass is 432 g/mol. The normalized spacial score (nSPS) is 13.9. The van der Waals surface area contributed by atoms with E-state index in [4.69, 9.17) is 23.2 Å². The molecule has 2 aromatic rings. The van der Waals surface area contributed by atoms with Gasteiger partial charge in [-0.25, -0.2) is 0 Å². The van der Waals surface area contributed by atoms with E-state index in [2.05, 4.69) is 5.32 Å². The summed E-state index contributed by atoms with van der Waals surface area (Å²) in [6.07, 6.45) is 1.42. The van der Waals surface area contributed by atoms with Crippen LogP contribution in [0.3, 0.4) is 0 Å². The summed E-state index contributed by atoms with van der Waals surface area (Å²) < 4.78 is 0. The minimum Gasteiger partial charge on any atom is -0.503 e. The highest BCUT2D eigenvalue weighted by molar-refractivity contribution is 6.42. The Bertz CT molecular complexity index is 972. The Balaban J connectivity index is 1.51. The van der Waals surface area contributed by atoms with E-state index in [0.717, 1.165) is 23.1 Å². The van der Waals surface area contributed by atoms with Crippen molar-refractivity contribution in [2.75, 3.05) is 13.1 Å². The Labute approximate surface area is 179 Å². The number of nitrogens with zero attached hydrogens (tertiary/aromatic N) is 1. The van der Waals surface area contributed by atoms with Gasteiger partial charge >= 0.3 is 0 Å². The van der Waals surface area contributed by atoms with Crippen LogP contribution in [-0.2, 0) is 22.6 Å². The van der Waals surface area contributed by atoms with Crippen LogP contribution in [-0.4, -0.2) is 34.9 Å².